The molecular weight excluding hydrogens is 450 g/mol. The van der Waals surface area contributed by atoms with Crippen LogP contribution in [0.2, 0.25) is 0 Å². The summed E-state index contributed by atoms with van der Waals surface area (Å²) in [5, 5.41) is 3.44. The molecule has 1 fully saturated rings. The minimum absolute atomic E-state index is 0.221. The lowest BCUT2D eigenvalue weighted by Crippen LogP contribution is -2.36. The number of thiophene rings is 1. The Morgan fingerprint density at radius 2 is 2.09 bits per heavy atom. The molecule has 9 heteroatoms. The van der Waals surface area contributed by atoms with E-state index >= 15 is 0 Å². The van der Waals surface area contributed by atoms with E-state index in [1.54, 1.807) is 6.92 Å². The number of nitrogens with one attached hydrogen (secondary N) is 2. The number of primary amides is 1. The van der Waals surface area contributed by atoms with Crippen LogP contribution in [0.5, 0.6) is 0 Å². The Balaban J connectivity index is 1.53. The van der Waals surface area contributed by atoms with Gasteiger partial charge in [0.1, 0.15) is 10.7 Å². The molecule has 0 bridgehead atoms. The van der Waals surface area contributed by atoms with E-state index in [1.165, 1.54) is 11.3 Å². The van der Waals surface area contributed by atoms with Crippen LogP contribution in [0.25, 0.3) is 10.2 Å². The number of carbonyl (C=O) groups excluding carboxylic acids is 2. The van der Waals surface area contributed by atoms with Gasteiger partial charge in [-0.2, -0.15) is 0 Å². The topological polar surface area (TPSA) is 121 Å². The largest absolute Gasteiger partial charge is 0.370 e. The molecule has 1 aromatic carbocycles. The zero-order valence-electron chi connectivity index (χ0n) is 19.9. The van der Waals surface area contributed by atoms with Crippen molar-refractivity contribution in [2.24, 2.45) is 11.7 Å². The van der Waals surface area contributed by atoms with Crippen LogP contribution in [-0.4, -0.2) is 39.8 Å². The Hall–Kier alpha value is -3.04. The Morgan fingerprint density at radius 1 is 1.29 bits per heavy atom. The number of piperidine rings is 1. The number of carbonyl (C=O) groups is 2. The van der Waals surface area contributed by atoms with Crippen LogP contribution in [0.1, 0.15) is 57.9 Å². The monoisotopic (exact) mass is 481 g/mol. The molecule has 0 saturated carbocycles. The number of nitrogens with two attached hydrogens (primary N) is 1. The summed E-state index contributed by atoms with van der Waals surface area (Å²) < 4.78 is 0. The molecule has 2 amide bonds. The second kappa shape index (κ2) is 10.1. The summed E-state index contributed by atoms with van der Waals surface area (Å²) in [6.45, 7) is 8.05. The van der Waals surface area contributed by atoms with E-state index in [0.717, 1.165) is 49.2 Å². The Kier molecular flexibility index (Phi) is 7.13. The van der Waals surface area contributed by atoms with Crippen molar-refractivity contribution in [3.8, 4) is 0 Å². The SMILES string of the molecule is Cc1ccc(NC(=O)c2sc3nc(CN4CCCC(CCC(N)=O)C4)[nH]c(=O)c3c2C)c(C)c1. The predicted octanol–water partition coefficient (Wildman–Crippen LogP) is 3.64. The molecule has 4 N–H and O–H groups in total. The van der Waals surface area contributed by atoms with Crippen LogP contribution in [0, 0.1) is 26.7 Å². The summed E-state index contributed by atoms with van der Waals surface area (Å²) in [6.07, 6.45) is 3.31. The van der Waals surface area contributed by atoms with Crippen molar-refractivity contribution in [1.29, 1.82) is 0 Å². The third-order valence-corrected chi connectivity index (χ3v) is 7.65. The second-order valence-electron chi connectivity index (χ2n) is 9.27. The fourth-order valence-corrected chi connectivity index (χ4v) is 5.80. The third-order valence-electron chi connectivity index (χ3n) is 6.46. The minimum Gasteiger partial charge on any atom is -0.370 e. The maximum absolute atomic E-state index is 13.0. The Morgan fingerprint density at radius 3 is 2.82 bits per heavy atom. The first kappa shape index (κ1) is 24.1. The maximum Gasteiger partial charge on any atom is 0.266 e. The van der Waals surface area contributed by atoms with E-state index in [2.05, 4.69) is 15.2 Å². The molecule has 0 aliphatic carbocycles. The van der Waals surface area contributed by atoms with Gasteiger partial charge in [-0.1, -0.05) is 17.7 Å². The number of aromatic nitrogens is 2. The molecule has 8 nitrogen and oxygen atoms in total. The molecule has 1 atom stereocenters. The van der Waals surface area contributed by atoms with Gasteiger partial charge in [0.25, 0.3) is 11.5 Å². The number of likely N-dealkylation sites (tertiary alicyclic amines) is 1. The first-order valence-corrected chi connectivity index (χ1v) is 12.4. The third kappa shape index (κ3) is 5.37. The van der Waals surface area contributed by atoms with Gasteiger partial charge in [0.15, 0.2) is 0 Å². The molecule has 0 radical (unpaired) electrons. The van der Waals surface area contributed by atoms with Gasteiger partial charge in [-0.3, -0.25) is 19.3 Å². The van der Waals surface area contributed by atoms with Crippen molar-refractivity contribution in [2.45, 2.75) is 53.0 Å². The highest BCUT2D eigenvalue weighted by Gasteiger charge is 2.23. The lowest BCUT2D eigenvalue weighted by Gasteiger charge is -2.32. The van der Waals surface area contributed by atoms with Crippen molar-refractivity contribution in [2.75, 3.05) is 18.4 Å². The average Bonchev–Trinajstić information content (AvgIpc) is 3.11. The van der Waals surface area contributed by atoms with Gasteiger partial charge in [0.2, 0.25) is 5.91 Å². The van der Waals surface area contributed by atoms with Crippen LogP contribution in [0.15, 0.2) is 23.0 Å². The number of nitrogens with zero attached hydrogens (tertiary/aromatic N) is 2. The molecular formula is C25H31N5O3S. The molecule has 1 aliphatic rings. The predicted molar refractivity (Wildman–Crippen MR) is 135 cm³/mol. The van der Waals surface area contributed by atoms with E-state index in [1.807, 2.05) is 32.0 Å². The normalized spacial score (nSPS) is 16.6. The van der Waals surface area contributed by atoms with Gasteiger partial charge >= 0.3 is 0 Å². The summed E-state index contributed by atoms with van der Waals surface area (Å²) >= 11 is 1.25. The van der Waals surface area contributed by atoms with Gasteiger partial charge in [0, 0.05) is 18.7 Å². The highest BCUT2D eigenvalue weighted by atomic mass is 32.1. The Bertz CT molecular complexity index is 1300. The van der Waals surface area contributed by atoms with Gasteiger partial charge in [-0.25, -0.2) is 4.98 Å². The van der Waals surface area contributed by atoms with E-state index in [4.69, 9.17) is 10.7 Å². The van der Waals surface area contributed by atoms with Crippen molar-refractivity contribution < 1.29 is 9.59 Å². The molecule has 1 aliphatic heterocycles. The molecule has 1 unspecified atom stereocenters. The van der Waals surface area contributed by atoms with E-state index in [-0.39, 0.29) is 17.4 Å². The average molecular weight is 482 g/mol. The number of hydrogen-bond donors (Lipinski definition) is 3. The number of benzene rings is 1. The van der Waals surface area contributed by atoms with Crippen LogP contribution in [0.3, 0.4) is 0 Å². The highest BCUT2D eigenvalue weighted by molar-refractivity contribution is 7.20. The van der Waals surface area contributed by atoms with Crippen LogP contribution in [0.4, 0.5) is 5.69 Å². The second-order valence-corrected chi connectivity index (χ2v) is 10.3. The number of fused-ring (bicyclic) bond motifs is 1. The van der Waals surface area contributed by atoms with E-state index in [9.17, 15) is 14.4 Å². The fourth-order valence-electron chi connectivity index (χ4n) is 4.70. The number of anilines is 1. The van der Waals surface area contributed by atoms with Crippen LogP contribution < -0.4 is 16.6 Å². The summed E-state index contributed by atoms with van der Waals surface area (Å²) in [5.74, 6) is 0.512. The van der Waals surface area contributed by atoms with E-state index in [0.29, 0.717) is 45.4 Å². The summed E-state index contributed by atoms with van der Waals surface area (Å²) in [4.78, 5) is 48.0. The number of H-pyrrole nitrogens is 1. The van der Waals surface area contributed by atoms with Crippen LogP contribution in [-0.2, 0) is 11.3 Å². The minimum atomic E-state index is -0.265. The maximum atomic E-state index is 13.0. The number of hydrogen-bond acceptors (Lipinski definition) is 6. The molecule has 0 spiro atoms. The van der Waals surface area contributed by atoms with Crippen molar-refractivity contribution in [1.82, 2.24) is 14.9 Å². The van der Waals surface area contributed by atoms with Crippen molar-refractivity contribution in [3.63, 3.8) is 0 Å². The van der Waals surface area contributed by atoms with E-state index < -0.39 is 0 Å². The summed E-state index contributed by atoms with van der Waals surface area (Å²) in [7, 11) is 0. The molecule has 180 valence electrons. The first-order chi connectivity index (χ1) is 16.2. The summed E-state index contributed by atoms with van der Waals surface area (Å²) in [6, 6.07) is 5.87. The summed E-state index contributed by atoms with van der Waals surface area (Å²) in [5.41, 5.74) is 8.60. The lowest BCUT2D eigenvalue weighted by atomic mass is 9.93. The molecule has 3 aromatic rings. The van der Waals surface area contributed by atoms with Gasteiger partial charge < -0.3 is 16.0 Å². The molecule has 34 heavy (non-hydrogen) atoms. The van der Waals surface area contributed by atoms with Gasteiger partial charge in [0.05, 0.1) is 16.8 Å². The number of rotatable bonds is 7. The van der Waals surface area contributed by atoms with Crippen molar-refractivity contribution >= 4 is 39.1 Å². The molecule has 4 rings (SSSR count). The van der Waals surface area contributed by atoms with Gasteiger partial charge in [-0.05, 0) is 69.7 Å². The fraction of sp³-hybridized carbons (Fsp3) is 0.440. The smallest absolute Gasteiger partial charge is 0.266 e. The highest BCUT2D eigenvalue weighted by Crippen LogP contribution is 2.29. The molecule has 3 heterocycles. The first-order valence-electron chi connectivity index (χ1n) is 11.6. The van der Waals surface area contributed by atoms with Crippen molar-refractivity contribution in [3.05, 3.63) is 55.9 Å². The van der Waals surface area contributed by atoms with Gasteiger partial charge in [-0.15, -0.1) is 11.3 Å². The lowest BCUT2D eigenvalue weighted by molar-refractivity contribution is -0.118. The zero-order chi connectivity index (χ0) is 24.4. The number of amides is 2. The Labute approximate surface area is 202 Å². The molecule has 1 saturated heterocycles. The molecule has 2 aromatic heterocycles. The zero-order valence-corrected chi connectivity index (χ0v) is 20.7. The standard InChI is InChI=1S/C25H31N5O3S/c1-14-6-8-18(15(2)11-14)27-24(33)22-16(3)21-23(32)28-20(29-25(21)34-22)13-30-10-4-5-17(12-30)7-9-19(26)31/h6,8,11,17H,4-5,7,9-10,12-13H2,1-3H3,(H2,26,31)(H,27,33)(H,28,29,32). The number of aryl methyl sites for hydroxylation is 3. The van der Waals surface area contributed by atoms with Crippen LogP contribution >= 0.6 is 11.3 Å². The quantitative estimate of drug-likeness (QED) is 0.476. The number of aromatic amines is 1.